The number of halogens is 1. The largest absolute Gasteiger partial charge is 0.336 e. The normalized spacial score (nSPS) is 13.9. The number of nitrogens with zero attached hydrogens (tertiary/aromatic N) is 1. The van der Waals surface area contributed by atoms with Gasteiger partial charge in [-0.2, -0.15) is 0 Å². The summed E-state index contributed by atoms with van der Waals surface area (Å²) in [7, 11) is 0. The monoisotopic (exact) mass is 183 g/mol. The lowest BCUT2D eigenvalue weighted by atomic mass is 10.3. The summed E-state index contributed by atoms with van der Waals surface area (Å²) in [5, 5.41) is 0.670. The van der Waals surface area contributed by atoms with Gasteiger partial charge >= 0.3 is 5.37 Å². The Balaban J connectivity index is 2.42. The van der Waals surface area contributed by atoms with Gasteiger partial charge in [0.05, 0.1) is 11.4 Å². The number of carbonyl (C=O) groups excluding carboxylic acids is 1. The van der Waals surface area contributed by atoms with Gasteiger partial charge in [0.15, 0.2) is 0 Å². The van der Waals surface area contributed by atoms with Crippen molar-refractivity contribution in [2.45, 2.75) is 0 Å². The van der Waals surface area contributed by atoms with Crippen molar-refractivity contribution in [2.75, 3.05) is 10.4 Å². The zero-order valence-electron chi connectivity index (χ0n) is 6.04. The summed E-state index contributed by atoms with van der Waals surface area (Å²) >= 11 is 5.30. The molecular weight excluding hydrogens is 178 g/mol. The molecule has 0 spiro atoms. The number of benzene rings is 1. The Morgan fingerprint density at radius 3 is 2.92 bits per heavy atom. The van der Waals surface area contributed by atoms with E-state index in [4.69, 9.17) is 11.6 Å². The van der Waals surface area contributed by atoms with Gasteiger partial charge < -0.3 is 5.43 Å². The Bertz CT molecular complexity index is 328. The summed E-state index contributed by atoms with van der Waals surface area (Å²) in [5.41, 5.74) is 7.00. The van der Waals surface area contributed by atoms with Crippen LogP contribution in [0.2, 0.25) is 0 Å². The Labute approximate surface area is 74.1 Å². The molecule has 12 heavy (non-hydrogen) atoms. The van der Waals surface area contributed by atoms with Crippen molar-refractivity contribution in [3.05, 3.63) is 24.3 Å². The second-order valence-corrected chi connectivity index (χ2v) is 2.67. The maximum absolute atomic E-state index is 10.8. The van der Waals surface area contributed by atoms with Crippen molar-refractivity contribution in [2.24, 2.45) is 0 Å². The maximum Gasteiger partial charge on any atom is 0.336 e. The Hall–Kier alpha value is -1.26. The predicted molar refractivity (Wildman–Crippen MR) is 46.9 cm³/mol. The highest BCUT2D eigenvalue weighted by atomic mass is 35.5. The molecule has 5 heteroatoms. The van der Waals surface area contributed by atoms with Gasteiger partial charge in [-0.05, 0) is 23.7 Å². The van der Waals surface area contributed by atoms with Crippen molar-refractivity contribution in [1.29, 1.82) is 0 Å². The van der Waals surface area contributed by atoms with Crippen LogP contribution in [0.25, 0.3) is 0 Å². The first-order valence-electron chi connectivity index (χ1n) is 3.39. The lowest BCUT2D eigenvalue weighted by molar-refractivity contribution is 0.263. The van der Waals surface area contributed by atoms with Crippen molar-refractivity contribution < 1.29 is 4.79 Å². The standard InChI is InChI=1S/C7H6ClN3O/c8-7(12)11-6-4-2-1-3-5(6)9-10-11/h1-4,9-10H. The van der Waals surface area contributed by atoms with E-state index in [0.29, 0.717) is 0 Å². The number of fused-ring (bicyclic) bond motifs is 1. The van der Waals surface area contributed by atoms with Gasteiger partial charge in [0, 0.05) is 0 Å². The fourth-order valence-electron chi connectivity index (χ4n) is 1.09. The van der Waals surface area contributed by atoms with Crippen LogP contribution in [0.15, 0.2) is 24.3 Å². The number of para-hydroxylation sites is 2. The minimum Gasteiger partial charge on any atom is -0.301 e. The topological polar surface area (TPSA) is 44.4 Å². The van der Waals surface area contributed by atoms with Crippen LogP contribution in [0.1, 0.15) is 0 Å². The van der Waals surface area contributed by atoms with Gasteiger partial charge in [-0.3, -0.25) is 4.79 Å². The van der Waals surface area contributed by atoms with E-state index < -0.39 is 5.37 Å². The van der Waals surface area contributed by atoms with E-state index in [1.807, 2.05) is 18.2 Å². The van der Waals surface area contributed by atoms with E-state index in [0.717, 1.165) is 11.4 Å². The number of anilines is 2. The average molecular weight is 184 g/mol. The van der Waals surface area contributed by atoms with E-state index in [1.165, 1.54) is 5.01 Å². The minimum absolute atomic E-state index is 0.563. The molecule has 0 saturated heterocycles. The van der Waals surface area contributed by atoms with Crippen LogP contribution in [0.4, 0.5) is 16.2 Å². The summed E-state index contributed by atoms with van der Waals surface area (Å²) in [5.74, 6) is 0. The van der Waals surface area contributed by atoms with Gasteiger partial charge in [0.2, 0.25) is 0 Å². The summed E-state index contributed by atoms with van der Waals surface area (Å²) in [4.78, 5) is 10.8. The predicted octanol–water partition coefficient (Wildman–Crippen LogP) is 1.70. The number of amides is 1. The number of nitrogens with one attached hydrogen (secondary N) is 2. The number of hydrazine groups is 2. The smallest absolute Gasteiger partial charge is 0.301 e. The summed E-state index contributed by atoms with van der Waals surface area (Å²) in [6.45, 7) is 0. The van der Waals surface area contributed by atoms with Crippen LogP contribution in [0, 0.1) is 0 Å². The zero-order chi connectivity index (χ0) is 8.55. The lowest BCUT2D eigenvalue weighted by Crippen LogP contribution is -2.37. The fourth-order valence-corrected chi connectivity index (χ4v) is 1.22. The van der Waals surface area contributed by atoms with Gasteiger partial charge in [0.25, 0.3) is 0 Å². The van der Waals surface area contributed by atoms with Crippen LogP contribution < -0.4 is 16.0 Å². The fraction of sp³-hybridized carbons (Fsp3) is 0. The summed E-state index contributed by atoms with van der Waals surface area (Å²) in [6, 6.07) is 7.35. The molecular formula is C7H6ClN3O. The highest BCUT2D eigenvalue weighted by Crippen LogP contribution is 2.28. The van der Waals surface area contributed by atoms with Crippen LogP contribution in [-0.2, 0) is 0 Å². The lowest BCUT2D eigenvalue weighted by Gasteiger charge is -2.09. The highest BCUT2D eigenvalue weighted by molar-refractivity contribution is 6.66. The zero-order valence-corrected chi connectivity index (χ0v) is 6.80. The van der Waals surface area contributed by atoms with Crippen LogP contribution in [0.5, 0.6) is 0 Å². The molecule has 0 fully saturated rings. The molecule has 0 saturated carbocycles. The Morgan fingerprint density at radius 1 is 1.42 bits per heavy atom. The molecule has 0 atom stereocenters. The third-order valence-corrected chi connectivity index (χ3v) is 1.79. The second-order valence-electron chi connectivity index (χ2n) is 2.34. The summed E-state index contributed by atoms with van der Waals surface area (Å²) < 4.78 is 0. The molecule has 1 aliphatic rings. The van der Waals surface area contributed by atoms with Gasteiger partial charge in [0.1, 0.15) is 0 Å². The first kappa shape index (κ1) is 7.39. The van der Waals surface area contributed by atoms with E-state index in [2.05, 4.69) is 11.0 Å². The highest BCUT2D eigenvalue weighted by Gasteiger charge is 2.21. The van der Waals surface area contributed by atoms with E-state index in [1.54, 1.807) is 6.07 Å². The van der Waals surface area contributed by atoms with E-state index >= 15 is 0 Å². The van der Waals surface area contributed by atoms with Crippen LogP contribution in [-0.4, -0.2) is 5.37 Å². The number of rotatable bonds is 0. The number of carbonyl (C=O) groups is 1. The van der Waals surface area contributed by atoms with E-state index in [9.17, 15) is 4.79 Å². The molecule has 0 unspecified atom stereocenters. The van der Waals surface area contributed by atoms with Gasteiger partial charge in [-0.25, -0.2) is 5.01 Å². The molecule has 1 amide bonds. The first-order chi connectivity index (χ1) is 5.79. The molecule has 0 radical (unpaired) electrons. The number of hydrogen-bond acceptors (Lipinski definition) is 3. The summed E-state index contributed by atoms with van der Waals surface area (Å²) in [6.07, 6.45) is 0. The molecule has 1 aromatic rings. The molecule has 1 aromatic carbocycles. The molecule has 1 aliphatic heterocycles. The van der Waals surface area contributed by atoms with Crippen LogP contribution in [0.3, 0.4) is 0 Å². The molecule has 0 aliphatic carbocycles. The van der Waals surface area contributed by atoms with Gasteiger partial charge in [-0.15, -0.1) is 5.53 Å². The molecule has 0 aromatic heterocycles. The van der Waals surface area contributed by atoms with Crippen molar-refractivity contribution >= 4 is 28.3 Å². The molecule has 0 bridgehead atoms. The third kappa shape index (κ3) is 1.01. The third-order valence-electron chi connectivity index (χ3n) is 1.62. The minimum atomic E-state index is -0.563. The van der Waals surface area contributed by atoms with Gasteiger partial charge in [-0.1, -0.05) is 12.1 Å². The molecule has 1 heterocycles. The van der Waals surface area contributed by atoms with Crippen LogP contribution >= 0.6 is 11.6 Å². The Kier molecular flexibility index (Phi) is 1.64. The average Bonchev–Trinajstić information content (AvgIpc) is 2.47. The number of hydrogen-bond donors (Lipinski definition) is 2. The van der Waals surface area contributed by atoms with Crippen molar-refractivity contribution in [3.8, 4) is 0 Å². The molecule has 2 rings (SSSR count). The molecule has 2 N–H and O–H groups in total. The first-order valence-corrected chi connectivity index (χ1v) is 3.77. The maximum atomic E-state index is 10.8. The second kappa shape index (κ2) is 2.66. The Morgan fingerprint density at radius 2 is 2.17 bits per heavy atom. The molecule has 62 valence electrons. The van der Waals surface area contributed by atoms with E-state index in [-0.39, 0.29) is 0 Å². The quantitative estimate of drug-likeness (QED) is 0.475. The van der Waals surface area contributed by atoms with Crippen molar-refractivity contribution in [1.82, 2.24) is 5.53 Å². The molecule has 4 nitrogen and oxygen atoms in total. The SMILES string of the molecule is O=C(Cl)N1NNc2ccccc21. The van der Waals surface area contributed by atoms with Crippen molar-refractivity contribution in [3.63, 3.8) is 0 Å².